The fourth-order valence-corrected chi connectivity index (χ4v) is 1.63. The van der Waals surface area contributed by atoms with E-state index in [2.05, 4.69) is 4.98 Å². The second-order valence-electron chi connectivity index (χ2n) is 3.00. The third-order valence-electron chi connectivity index (χ3n) is 1.93. The number of nitrogens with zero attached hydrogens (tertiary/aromatic N) is 1. The number of esters is 1. The zero-order chi connectivity index (χ0) is 10.1. The van der Waals surface area contributed by atoms with E-state index >= 15 is 0 Å². The van der Waals surface area contributed by atoms with Crippen molar-refractivity contribution < 1.29 is 9.53 Å². The Labute approximate surface area is 91.0 Å². The number of ether oxygens (including phenoxy) is 1. The van der Waals surface area contributed by atoms with Gasteiger partial charge in [-0.3, -0.25) is 4.98 Å². The van der Waals surface area contributed by atoms with Crippen molar-refractivity contribution >= 4 is 29.2 Å². The van der Waals surface area contributed by atoms with Crippen LogP contribution in [0.2, 0.25) is 0 Å². The fourth-order valence-electron chi connectivity index (χ4n) is 1.02. The molecule has 2 atom stereocenters. The van der Waals surface area contributed by atoms with Crippen molar-refractivity contribution in [2.24, 2.45) is 0 Å². The topological polar surface area (TPSA) is 39.2 Å². The van der Waals surface area contributed by atoms with E-state index in [9.17, 15) is 4.79 Å². The molecule has 1 saturated carbocycles. The van der Waals surface area contributed by atoms with E-state index in [1.807, 2.05) is 0 Å². The van der Waals surface area contributed by atoms with E-state index in [1.165, 1.54) is 6.20 Å². The van der Waals surface area contributed by atoms with Crippen LogP contribution in [0, 0.1) is 0 Å². The first-order valence-corrected chi connectivity index (χ1v) is 4.96. The largest absolute Gasteiger partial charge is 0.455 e. The number of pyridine rings is 1. The van der Waals surface area contributed by atoms with Gasteiger partial charge in [0.1, 0.15) is 6.10 Å². The lowest BCUT2D eigenvalue weighted by Gasteiger charge is -2.01. The molecule has 0 bridgehead atoms. The molecular formula is C9H7Cl2NO2. The quantitative estimate of drug-likeness (QED) is 0.576. The average molecular weight is 232 g/mol. The summed E-state index contributed by atoms with van der Waals surface area (Å²) in [7, 11) is 0. The number of alkyl halides is 2. The van der Waals surface area contributed by atoms with Crippen LogP contribution in [0.5, 0.6) is 0 Å². The Balaban J connectivity index is 1.98. The molecule has 0 radical (unpaired) electrons. The minimum absolute atomic E-state index is 0.266. The molecule has 3 nitrogen and oxygen atoms in total. The van der Waals surface area contributed by atoms with Gasteiger partial charge in [0.05, 0.1) is 16.3 Å². The highest BCUT2D eigenvalue weighted by atomic mass is 35.5. The summed E-state index contributed by atoms with van der Waals surface area (Å²) in [5.41, 5.74) is 0.409. The predicted octanol–water partition coefficient (Wildman–Crippen LogP) is 1.84. The van der Waals surface area contributed by atoms with Crippen molar-refractivity contribution in [2.75, 3.05) is 0 Å². The van der Waals surface area contributed by atoms with Gasteiger partial charge in [-0.05, 0) is 12.1 Å². The van der Waals surface area contributed by atoms with Crippen molar-refractivity contribution in [3.63, 3.8) is 0 Å². The number of halogens is 2. The molecule has 0 amide bonds. The number of aromatic nitrogens is 1. The summed E-state index contributed by atoms with van der Waals surface area (Å²) in [4.78, 5) is 15.2. The van der Waals surface area contributed by atoms with Gasteiger partial charge in [-0.15, -0.1) is 23.2 Å². The molecule has 0 aromatic carbocycles. The average Bonchev–Trinajstić information content (AvgIpc) is 2.77. The fraction of sp³-hybridized carbons (Fsp3) is 0.333. The van der Waals surface area contributed by atoms with Gasteiger partial charge in [0.15, 0.2) is 0 Å². The second-order valence-corrected chi connectivity index (χ2v) is 4.01. The minimum Gasteiger partial charge on any atom is -0.455 e. The molecule has 1 aromatic heterocycles. The van der Waals surface area contributed by atoms with E-state index < -0.39 is 5.97 Å². The van der Waals surface area contributed by atoms with Crippen molar-refractivity contribution in [3.8, 4) is 0 Å². The number of carbonyl (C=O) groups is 1. The highest BCUT2D eigenvalue weighted by Crippen LogP contribution is 2.37. The van der Waals surface area contributed by atoms with Crippen LogP contribution in [-0.2, 0) is 4.74 Å². The smallest absolute Gasteiger partial charge is 0.340 e. The third kappa shape index (κ3) is 1.83. The zero-order valence-electron chi connectivity index (χ0n) is 7.06. The van der Waals surface area contributed by atoms with Crippen molar-refractivity contribution in [1.29, 1.82) is 0 Å². The molecule has 14 heavy (non-hydrogen) atoms. The van der Waals surface area contributed by atoms with Gasteiger partial charge in [0, 0.05) is 12.4 Å². The van der Waals surface area contributed by atoms with E-state index in [0.717, 1.165) is 0 Å². The molecule has 1 aliphatic carbocycles. The standard InChI is InChI=1S/C9H7Cl2NO2/c10-6-7(11)8(6)14-9(13)5-2-1-3-12-4-5/h1-4,6-8H. The number of carbonyl (C=O) groups excluding carboxylic acids is 1. The number of rotatable bonds is 2. The van der Waals surface area contributed by atoms with Crippen LogP contribution in [0.15, 0.2) is 24.5 Å². The summed E-state index contributed by atoms with van der Waals surface area (Å²) in [6, 6.07) is 3.30. The molecule has 1 fully saturated rings. The molecule has 0 aliphatic heterocycles. The van der Waals surface area contributed by atoms with Crippen LogP contribution in [0.25, 0.3) is 0 Å². The maximum atomic E-state index is 11.4. The summed E-state index contributed by atoms with van der Waals surface area (Å²) in [5, 5.41) is -0.533. The van der Waals surface area contributed by atoms with Gasteiger partial charge in [0.2, 0.25) is 0 Å². The summed E-state index contributed by atoms with van der Waals surface area (Å²) in [6.45, 7) is 0. The van der Waals surface area contributed by atoms with Gasteiger partial charge in [0.25, 0.3) is 0 Å². The Morgan fingerprint density at radius 3 is 2.64 bits per heavy atom. The van der Waals surface area contributed by atoms with Gasteiger partial charge in [-0.2, -0.15) is 0 Å². The molecular weight excluding hydrogens is 225 g/mol. The molecule has 0 N–H and O–H groups in total. The summed E-state index contributed by atoms with van der Waals surface area (Å²) >= 11 is 11.4. The van der Waals surface area contributed by atoms with Crippen LogP contribution in [-0.4, -0.2) is 27.8 Å². The summed E-state index contributed by atoms with van der Waals surface area (Å²) in [6.07, 6.45) is 2.66. The lowest BCUT2D eigenvalue weighted by atomic mass is 10.3. The lowest BCUT2D eigenvalue weighted by molar-refractivity contribution is 0.0474. The van der Waals surface area contributed by atoms with E-state index in [4.69, 9.17) is 27.9 Å². The van der Waals surface area contributed by atoms with Crippen LogP contribution < -0.4 is 0 Å². The molecule has 2 rings (SSSR count). The first-order chi connectivity index (χ1) is 6.70. The predicted molar refractivity (Wildman–Crippen MR) is 52.7 cm³/mol. The monoisotopic (exact) mass is 231 g/mol. The van der Waals surface area contributed by atoms with Crippen molar-refractivity contribution in [1.82, 2.24) is 4.98 Å². The zero-order valence-corrected chi connectivity index (χ0v) is 8.57. The van der Waals surface area contributed by atoms with Gasteiger partial charge >= 0.3 is 5.97 Å². The molecule has 5 heteroatoms. The number of hydrogen-bond acceptors (Lipinski definition) is 3. The summed E-state index contributed by atoms with van der Waals surface area (Å²) < 4.78 is 5.03. The van der Waals surface area contributed by atoms with Crippen LogP contribution in [0.1, 0.15) is 10.4 Å². The normalized spacial score (nSPS) is 29.7. The third-order valence-corrected chi connectivity index (χ3v) is 3.10. The second kappa shape index (κ2) is 3.75. The first-order valence-electron chi connectivity index (χ1n) is 4.09. The molecule has 1 heterocycles. The Morgan fingerprint density at radius 2 is 2.14 bits per heavy atom. The van der Waals surface area contributed by atoms with E-state index in [1.54, 1.807) is 18.3 Å². The van der Waals surface area contributed by atoms with Crippen LogP contribution >= 0.6 is 23.2 Å². The highest BCUT2D eigenvalue weighted by Gasteiger charge is 2.51. The van der Waals surface area contributed by atoms with Crippen molar-refractivity contribution in [3.05, 3.63) is 30.1 Å². The summed E-state index contributed by atoms with van der Waals surface area (Å²) in [5.74, 6) is -0.433. The maximum absolute atomic E-state index is 11.4. The Hall–Kier alpha value is -0.800. The van der Waals surface area contributed by atoms with Crippen LogP contribution in [0.3, 0.4) is 0 Å². The first kappa shape index (κ1) is 9.74. The van der Waals surface area contributed by atoms with E-state index in [0.29, 0.717) is 5.56 Å². The SMILES string of the molecule is O=C(OC1C(Cl)C1Cl)c1cccnc1. The van der Waals surface area contributed by atoms with E-state index in [-0.39, 0.29) is 16.9 Å². The molecule has 1 aromatic rings. The van der Waals surface area contributed by atoms with Gasteiger partial charge in [-0.1, -0.05) is 0 Å². The highest BCUT2D eigenvalue weighted by molar-refractivity contribution is 6.35. The molecule has 2 unspecified atom stereocenters. The Morgan fingerprint density at radius 1 is 1.43 bits per heavy atom. The molecule has 0 spiro atoms. The van der Waals surface area contributed by atoms with Crippen LogP contribution in [0.4, 0.5) is 0 Å². The van der Waals surface area contributed by atoms with Crippen molar-refractivity contribution in [2.45, 2.75) is 16.9 Å². The molecule has 0 saturated heterocycles. The Kier molecular flexibility index (Phi) is 2.61. The lowest BCUT2D eigenvalue weighted by Crippen LogP contribution is -2.09. The van der Waals surface area contributed by atoms with Gasteiger partial charge < -0.3 is 4.74 Å². The number of hydrogen-bond donors (Lipinski definition) is 0. The molecule has 74 valence electrons. The maximum Gasteiger partial charge on any atom is 0.340 e. The van der Waals surface area contributed by atoms with Gasteiger partial charge in [-0.25, -0.2) is 4.79 Å². The molecule has 1 aliphatic rings. The Bertz CT molecular complexity index is 336. The minimum atomic E-state index is -0.433.